The van der Waals surface area contributed by atoms with E-state index in [1.165, 1.54) is 89.9 Å². The molecular formula is C56H90N2O2. The summed E-state index contributed by atoms with van der Waals surface area (Å²) in [7, 11) is 0. The topological polar surface area (TPSA) is 88.0 Å². The first-order valence-corrected chi connectivity index (χ1v) is 26.0. The molecule has 0 radical (unpaired) electrons. The van der Waals surface area contributed by atoms with Crippen LogP contribution in [-0.4, -0.2) is 22.4 Å². The summed E-state index contributed by atoms with van der Waals surface area (Å²) in [4.78, 5) is 0. The molecule has 0 bridgehead atoms. The zero-order valence-corrected chi connectivity index (χ0v) is 40.5. The minimum atomic E-state index is -0.310. The molecule has 0 saturated heterocycles. The highest BCUT2D eigenvalue weighted by atomic mass is 16.3. The Hall–Kier alpha value is -1.62. The van der Waals surface area contributed by atoms with Gasteiger partial charge in [-0.25, -0.2) is 0 Å². The van der Waals surface area contributed by atoms with Crippen LogP contribution in [0.3, 0.4) is 0 Å². The van der Waals surface area contributed by atoms with Crippen LogP contribution in [0.1, 0.15) is 223 Å². The van der Waals surface area contributed by atoms with Crippen molar-refractivity contribution in [3.8, 4) is 12.1 Å². The Balaban J connectivity index is 0.000000181. The summed E-state index contributed by atoms with van der Waals surface area (Å²) in [6, 6.07) is 5.54. The molecule has 0 spiro atoms. The third kappa shape index (κ3) is 7.65. The molecule has 60 heavy (non-hydrogen) atoms. The van der Waals surface area contributed by atoms with E-state index < -0.39 is 0 Å². The lowest BCUT2D eigenvalue weighted by Crippen LogP contribution is -2.54. The van der Waals surface area contributed by atoms with Crippen molar-refractivity contribution in [1.29, 1.82) is 10.5 Å². The number of nitrogens with zero attached hydrogens (tertiary/aromatic N) is 2. The van der Waals surface area contributed by atoms with Gasteiger partial charge in [-0.3, -0.25) is 0 Å². The van der Waals surface area contributed by atoms with Crippen LogP contribution in [0.2, 0.25) is 0 Å². The fraction of sp³-hybridized carbons (Fsp3) is 0.893. The first-order chi connectivity index (χ1) is 28.3. The van der Waals surface area contributed by atoms with Crippen molar-refractivity contribution in [3.63, 3.8) is 0 Å². The molecule has 4 heteroatoms. The molecule has 0 amide bonds. The van der Waals surface area contributed by atoms with Gasteiger partial charge in [0.1, 0.15) is 0 Å². The molecule has 0 aromatic rings. The summed E-state index contributed by atoms with van der Waals surface area (Å²) in [6.07, 6.45) is 27.6. The number of aliphatic hydroxyl groups excluding tert-OH is 2. The summed E-state index contributed by atoms with van der Waals surface area (Å²) >= 11 is 0. The Labute approximate surface area is 369 Å². The molecule has 6 saturated carbocycles. The highest BCUT2D eigenvalue weighted by molar-refractivity contribution is 5.39. The first-order valence-electron chi connectivity index (χ1n) is 26.0. The van der Waals surface area contributed by atoms with Crippen molar-refractivity contribution in [2.24, 2.45) is 79.8 Å². The molecule has 0 aromatic carbocycles. The fourth-order valence-corrected chi connectivity index (χ4v) is 17.5. The molecule has 8 rings (SSSR count). The third-order valence-electron chi connectivity index (χ3n) is 21.2. The first kappa shape index (κ1) is 46.4. The molecule has 6 fully saturated rings. The molecule has 0 aromatic heterocycles. The van der Waals surface area contributed by atoms with Gasteiger partial charge in [-0.15, -0.1) is 0 Å². The van der Waals surface area contributed by atoms with Gasteiger partial charge in [0, 0.05) is 0 Å². The highest BCUT2D eigenvalue weighted by Crippen LogP contribution is 2.71. The van der Waals surface area contributed by atoms with E-state index in [0.717, 1.165) is 86.9 Å². The van der Waals surface area contributed by atoms with Gasteiger partial charge < -0.3 is 10.2 Å². The number of hydrogen-bond donors (Lipinski definition) is 2. The fourth-order valence-electron chi connectivity index (χ4n) is 17.5. The third-order valence-corrected chi connectivity index (χ3v) is 21.2. The van der Waals surface area contributed by atoms with Crippen molar-refractivity contribution >= 4 is 0 Å². The van der Waals surface area contributed by atoms with Crippen LogP contribution >= 0.6 is 0 Å². The van der Waals surface area contributed by atoms with Crippen LogP contribution in [0.5, 0.6) is 0 Å². The number of nitriles is 2. The SMILES string of the molecule is CC(C)CCC[C@@H](C)[C@H]1CCC2=C3CC[C@]4(C#N)C[C@@H](O)CC[C@]4(C)[C@H]3CC[C@@]21C.CC(C)CCC[C@@H](C)[C@H]1CCC2=C3CC[C@]4(C#N)C[C@H](O)CC[C@]4(C)[C@H]3CC[C@@]21C. The Morgan fingerprint density at radius 2 is 0.900 bits per heavy atom. The zero-order chi connectivity index (χ0) is 43.5. The van der Waals surface area contributed by atoms with E-state index in [-0.39, 0.29) is 33.9 Å². The molecule has 14 atom stereocenters. The van der Waals surface area contributed by atoms with Gasteiger partial charge in [-0.2, -0.15) is 10.5 Å². The second kappa shape index (κ2) is 17.4. The highest BCUT2D eigenvalue weighted by Gasteiger charge is 2.63. The van der Waals surface area contributed by atoms with E-state index in [4.69, 9.17) is 0 Å². The molecule has 0 unspecified atom stereocenters. The Morgan fingerprint density at radius 3 is 1.25 bits per heavy atom. The van der Waals surface area contributed by atoms with Crippen molar-refractivity contribution < 1.29 is 10.2 Å². The van der Waals surface area contributed by atoms with Crippen molar-refractivity contribution in [2.75, 3.05) is 0 Å². The number of allylic oxidation sites excluding steroid dienone is 4. The lowest BCUT2D eigenvalue weighted by molar-refractivity contribution is -0.0786. The van der Waals surface area contributed by atoms with Gasteiger partial charge in [0.15, 0.2) is 0 Å². The van der Waals surface area contributed by atoms with E-state index >= 15 is 0 Å². The molecular weight excluding hydrogens is 733 g/mol. The summed E-state index contributed by atoms with van der Waals surface area (Å²) in [5, 5.41) is 41.3. The van der Waals surface area contributed by atoms with Gasteiger partial charge >= 0.3 is 0 Å². The Bertz CT molecular complexity index is 1590. The molecule has 0 aliphatic heterocycles. The molecule has 0 heterocycles. The number of hydrogen-bond acceptors (Lipinski definition) is 4. The summed E-state index contributed by atoms with van der Waals surface area (Å²) in [6.45, 7) is 24.5. The number of fused-ring (bicyclic) bond motifs is 8. The minimum absolute atomic E-state index is 0.0594. The van der Waals surface area contributed by atoms with Crippen LogP contribution in [0, 0.1) is 102 Å². The monoisotopic (exact) mass is 823 g/mol. The van der Waals surface area contributed by atoms with Crippen molar-refractivity contribution in [2.45, 2.75) is 236 Å². The van der Waals surface area contributed by atoms with E-state index in [0.29, 0.717) is 35.5 Å². The maximum absolute atomic E-state index is 10.4. The lowest BCUT2D eigenvalue weighted by atomic mass is 9.43. The molecule has 2 N–H and O–H groups in total. The van der Waals surface area contributed by atoms with Crippen molar-refractivity contribution in [3.05, 3.63) is 22.3 Å². The Kier molecular flexibility index (Phi) is 13.4. The van der Waals surface area contributed by atoms with Gasteiger partial charge in [0.2, 0.25) is 0 Å². The van der Waals surface area contributed by atoms with E-state index in [1.807, 2.05) is 11.1 Å². The van der Waals surface area contributed by atoms with Gasteiger partial charge in [-0.1, -0.05) is 130 Å². The van der Waals surface area contributed by atoms with Crippen LogP contribution in [-0.2, 0) is 0 Å². The molecule has 336 valence electrons. The second-order valence-electron chi connectivity index (χ2n) is 24.9. The number of aliphatic hydroxyl groups is 2. The average Bonchev–Trinajstić information content (AvgIpc) is 3.75. The van der Waals surface area contributed by atoms with E-state index in [9.17, 15) is 20.7 Å². The quantitative estimate of drug-likeness (QED) is 0.215. The van der Waals surface area contributed by atoms with E-state index in [1.54, 1.807) is 11.1 Å². The smallest absolute Gasteiger partial charge is 0.0696 e. The lowest BCUT2D eigenvalue weighted by Gasteiger charge is -2.60. The maximum Gasteiger partial charge on any atom is 0.0696 e. The van der Waals surface area contributed by atoms with Crippen LogP contribution < -0.4 is 0 Å². The van der Waals surface area contributed by atoms with E-state index in [2.05, 4.69) is 81.4 Å². The van der Waals surface area contributed by atoms with Crippen LogP contribution in [0.15, 0.2) is 22.3 Å². The molecule has 8 aliphatic rings. The van der Waals surface area contributed by atoms with Crippen LogP contribution in [0.4, 0.5) is 0 Å². The zero-order valence-electron chi connectivity index (χ0n) is 40.5. The standard InChI is InChI=1S/2C28H45NO/c2*1-19(2)7-6-8-20(3)23-9-10-24-22-12-16-28(18-29)17-21(30)11-15-27(28,5)25(22)13-14-26(23,24)4/h2*19-21,23,25,30H,6-17H2,1-5H3/t20-,21+,23-,25+,26-,27-,28-;20-,21-,23-,25+,26-,27-,28-/m11/s1. The summed E-state index contributed by atoms with van der Waals surface area (Å²) in [5.74, 6) is 6.14. The normalized spacial score (nSPS) is 44.3. The maximum atomic E-state index is 10.4. The molecule has 8 aliphatic carbocycles. The second-order valence-corrected chi connectivity index (χ2v) is 24.9. The number of rotatable bonds is 10. The van der Waals surface area contributed by atoms with Gasteiger partial charge in [-0.05, 0) is 185 Å². The predicted molar refractivity (Wildman–Crippen MR) is 247 cm³/mol. The largest absolute Gasteiger partial charge is 0.393 e. The summed E-state index contributed by atoms with van der Waals surface area (Å²) < 4.78 is 0. The Morgan fingerprint density at radius 1 is 0.517 bits per heavy atom. The van der Waals surface area contributed by atoms with Crippen molar-refractivity contribution in [1.82, 2.24) is 0 Å². The predicted octanol–water partition coefficient (Wildman–Crippen LogP) is 14.9. The van der Waals surface area contributed by atoms with Gasteiger partial charge in [0.05, 0.1) is 35.2 Å². The molecule has 4 nitrogen and oxygen atoms in total. The minimum Gasteiger partial charge on any atom is -0.393 e. The summed E-state index contributed by atoms with van der Waals surface area (Å²) in [5.41, 5.74) is 7.48. The van der Waals surface area contributed by atoms with Gasteiger partial charge in [0.25, 0.3) is 0 Å². The average molecular weight is 823 g/mol. The van der Waals surface area contributed by atoms with Crippen LogP contribution in [0.25, 0.3) is 0 Å².